The van der Waals surface area contributed by atoms with E-state index in [1.54, 1.807) is 22.9 Å². The Bertz CT molecular complexity index is 565. The van der Waals surface area contributed by atoms with Crippen LogP contribution in [0, 0.1) is 0 Å². The monoisotopic (exact) mass is 264 g/mol. The molecule has 7 heteroatoms. The normalized spacial score (nSPS) is 10.6. The van der Waals surface area contributed by atoms with Crippen LogP contribution in [0.3, 0.4) is 0 Å². The Kier molecular flexibility index (Phi) is 3.63. The maximum absolute atomic E-state index is 10.9. The molecule has 3 N–H and O–H groups in total. The summed E-state index contributed by atoms with van der Waals surface area (Å²) in [6.07, 6.45) is 3.04. The molecule has 2 heterocycles. The van der Waals surface area contributed by atoms with Crippen molar-refractivity contribution in [3.05, 3.63) is 35.8 Å². The molecule has 0 radical (unpaired) electrons. The number of hydrogen-bond donors (Lipinski definition) is 2. The molecule has 0 aliphatic carbocycles. The highest BCUT2D eigenvalue weighted by atomic mass is 32.2. The Morgan fingerprint density at radius 1 is 1.44 bits per heavy atom. The van der Waals surface area contributed by atoms with Crippen LogP contribution in [0.15, 0.2) is 34.7 Å². The predicted molar refractivity (Wildman–Crippen MR) is 66.0 cm³/mol. The van der Waals surface area contributed by atoms with Crippen molar-refractivity contribution in [2.45, 2.75) is 16.8 Å². The van der Waals surface area contributed by atoms with Gasteiger partial charge in [0.15, 0.2) is 5.16 Å². The fraction of sp³-hybridized carbons (Fsp3) is 0.182. The van der Waals surface area contributed by atoms with Crippen LogP contribution in [0.25, 0.3) is 0 Å². The predicted octanol–water partition coefficient (Wildman–Crippen LogP) is 0.558. The molecule has 94 valence electrons. The zero-order chi connectivity index (χ0) is 13.1. The lowest BCUT2D eigenvalue weighted by Gasteiger charge is -2.03. The Balaban J connectivity index is 2.18. The first-order valence-corrected chi connectivity index (χ1v) is 5.98. The lowest BCUT2D eigenvalue weighted by molar-refractivity contribution is 0.1000. The number of primary amides is 1. The van der Waals surface area contributed by atoms with E-state index in [-0.39, 0.29) is 6.61 Å². The van der Waals surface area contributed by atoms with Crippen molar-refractivity contribution in [3.63, 3.8) is 0 Å². The molecule has 0 saturated carbocycles. The molecule has 2 rings (SSSR count). The van der Waals surface area contributed by atoms with E-state index in [4.69, 9.17) is 10.8 Å². The van der Waals surface area contributed by atoms with Crippen LogP contribution < -0.4 is 5.73 Å². The first-order valence-electron chi connectivity index (χ1n) is 5.17. The number of nitrogens with zero attached hydrogens (tertiary/aromatic N) is 3. The van der Waals surface area contributed by atoms with Crippen LogP contribution in [0.4, 0.5) is 0 Å². The Hall–Kier alpha value is -1.86. The van der Waals surface area contributed by atoms with E-state index in [9.17, 15) is 4.79 Å². The molecule has 0 fully saturated rings. The summed E-state index contributed by atoms with van der Waals surface area (Å²) >= 11 is 1.35. The number of imidazole rings is 1. The Morgan fingerprint density at radius 2 is 2.22 bits per heavy atom. The van der Waals surface area contributed by atoms with Crippen LogP contribution in [0.5, 0.6) is 0 Å². The maximum atomic E-state index is 10.9. The van der Waals surface area contributed by atoms with Crippen molar-refractivity contribution in [2.24, 2.45) is 12.8 Å². The summed E-state index contributed by atoms with van der Waals surface area (Å²) in [5, 5.41) is 10.5. The van der Waals surface area contributed by atoms with Crippen molar-refractivity contribution < 1.29 is 9.90 Å². The van der Waals surface area contributed by atoms with Crippen molar-refractivity contribution in [3.8, 4) is 0 Å². The lowest BCUT2D eigenvalue weighted by Crippen LogP contribution is -2.10. The zero-order valence-electron chi connectivity index (χ0n) is 9.70. The number of carbonyl (C=O) groups is 1. The summed E-state index contributed by atoms with van der Waals surface area (Å²) in [6.45, 7) is -0.0574. The highest BCUT2D eigenvalue weighted by Gasteiger charge is 2.08. The zero-order valence-corrected chi connectivity index (χ0v) is 10.5. The number of hydrogen-bond acceptors (Lipinski definition) is 5. The summed E-state index contributed by atoms with van der Waals surface area (Å²) in [5.41, 5.74) is 6.23. The van der Waals surface area contributed by atoms with E-state index in [2.05, 4.69) is 9.97 Å². The van der Waals surface area contributed by atoms with Crippen molar-refractivity contribution in [1.82, 2.24) is 14.5 Å². The van der Waals surface area contributed by atoms with Crippen LogP contribution in [0.1, 0.15) is 16.1 Å². The van der Waals surface area contributed by atoms with Gasteiger partial charge in [-0.25, -0.2) is 9.97 Å². The van der Waals surface area contributed by atoms with Gasteiger partial charge in [-0.05, 0) is 23.9 Å². The smallest absolute Gasteiger partial charge is 0.250 e. The van der Waals surface area contributed by atoms with Crippen LogP contribution in [-0.4, -0.2) is 25.5 Å². The van der Waals surface area contributed by atoms with Gasteiger partial charge in [0, 0.05) is 13.2 Å². The highest BCUT2D eigenvalue weighted by molar-refractivity contribution is 7.99. The Morgan fingerprint density at radius 3 is 2.72 bits per heavy atom. The third kappa shape index (κ3) is 2.52. The number of aliphatic hydroxyl groups is 1. The number of aliphatic hydroxyl groups excluding tert-OH is 1. The van der Waals surface area contributed by atoms with Crippen molar-refractivity contribution in [1.29, 1.82) is 0 Å². The standard InChI is InChI=1S/C11H12N4O2S/c1-15-8(6-16)5-14-11(15)18-9-3-2-7(4-13-9)10(12)17/h2-5,16H,6H2,1H3,(H2,12,17). The molecular formula is C11H12N4O2S. The van der Waals surface area contributed by atoms with E-state index in [0.717, 1.165) is 10.9 Å². The van der Waals surface area contributed by atoms with Gasteiger partial charge in [0.2, 0.25) is 5.91 Å². The molecule has 1 amide bonds. The molecule has 0 saturated heterocycles. The molecule has 18 heavy (non-hydrogen) atoms. The average Bonchev–Trinajstić information content (AvgIpc) is 2.71. The molecule has 0 unspecified atom stereocenters. The minimum atomic E-state index is -0.501. The second-order valence-electron chi connectivity index (χ2n) is 3.60. The van der Waals surface area contributed by atoms with Crippen LogP contribution in [-0.2, 0) is 13.7 Å². The van der Waals surface area contributed by atoms with E-state index in [1.165, 1.54) is 18.0 Å². The number of nitrogens with two attached hydrogens (primary N) is 1. The molecule has 0 atom stereocenters. The van der Waals surface area contributed by atoms with Crippen LogP contribution in [0.2, 0.25) is 0 Å². The molecule has 0 aliphatic heterocycles. The van der Waals surface area contributed by atoms with Gasteiger partial charge in [0.25, 0.3) is 0 Å². The van der Waals surface area contributed by atoms with Gasteiger partial charge in [0.05, 0.1) is 24.1 Å². The average molecular weight is 264 g/mol. The topological polar surface area (TPSA) is 94.0 Å². The lowest BCUT2D eigenvalue weighted by atomic mass is 10.3. The van der Waals surface area contributed by atoms with Crippen LogP contribution >= 0.6 is 11.8 Å². The second kappa shape index (κ2) is 5.19. The molecule has 6 nitrogen and oxygen atoms in total. The summed E-state index contributed by atoms with van der Waals surface area (Å²) < 4.78 is 1.79. The first kappa shape index (κ1) is 12.6. The van der Waals surface area contributed by atoms with Crippen molar-refractivity contribution >= 4 is 17.7 Å². The number of rotatable bonds is 4. The largest absolute Gasteiger partial charge is 0.390 e. The van der Waals surface area contributed by atoms with E-state index < -0.39 is 5.91 Å². The molecule has 2 aromatic rings. The highest BCUT2D eigenvalue weighted by Crippen LogP contribution is 2.24. The minimum absolute atomic E-state index is 0.0574. The van der Waals surface area contributed by atoms with Gasteiger partial charge in [-0.3, -0.25) is 4.79 Å². The molecule has 0 aliphatic rings. The summed E-state index contributed by atoms with van der Waals surface area (Å²) in [4.78, 5) is 19.2. The molecule has 0 spiro atoms. The second-order valence-corrected chi connectivity index (χ2v) is 4.59. The fourth-order valence-electron chi connectivity index (χ4n) is 1.35. The number of pyridine rings is 1. The number of carbonyl (C=O) groups excluding carboxylic acids is 1. The van der Waals surface area contributed by atoms with Gasteiger partial charge >= 0.3 is 0 Å². The quantitative estimate of drug-likeness (QED) is 0.841. The number of amides is 1. The van der Waals surface area contributed by atoms with Gasteiger partial charge in [-0.1, -0.05) is 0 Å². The molecule has 2 aromatic heterocycles. The Labute approximate surface area is 108 Å². The van der Waals surface area contributed by atoms with E-state index in [1.807, 2.05) is 7.05 Å². The van der Waals surface area contributed by atoms with E-state index >= 15 is 0 Å². The summed E-state index contributed by atoms with van der Waals surface area (Å²) in [5.74, 6) is -0.501. The first-order chi connectivity index (χ1) is 8.61. The minimum Gasteiger partial charge on any atom is -0.390 e. The molecule has 0 bridgehead atoms. The van der Waals surface area contributed by atoms with Gasteiger partial charge in [-0.2, -0.15) is 0 Å². The van der Waals surface area contributed by atoms with Crippen molar-refractivity contribution in [2.75, 3.05) is 0 Å². The fourth-order valence-corrected chi connectivity index (χ4v) is 2.14. The SMILES string of the molecule is Cn1c(CO)cnc1Sc1ccc(C(N)=O)cn1. The summed E-state index contributed by atoms with van der Waals surface area (Å²) in [6, 6.07) is 3.33. The molecular weight excluding hydrogens is 252 g/mol. The van der Waals surface area contributed by atoms with Gasteiger partial charge in [0.1, 0.15) is 5.03 Å². The van der Waals surface area contributed by atoms with E-state index in [0.29, 0.717) is 10.6 Å². The third-order valence-electron chi connectivity index (χ3n) is 2.42. The maximum Gasteiger partial charge on any atom is 0.250 e. The molecule has 0 aromatic carbocycles. The third-order valence-corrected chi connectivity index (χ3v) is 3.43. The number of aromatic nitrogens is 3. The van der Waals surface area contributed by atoms with Gasteiger partial charge in [-0.15, -0.1) is 0 Å². The summed E-state index contributed by atoms with van der Waals surface area (Å²) in [7, 11) is 1.82. The van der Waals surface area contributed by atoms with Gasteiger partial charge < -0.3 is 15.4 Å².